The van der Waals surface area contributed by atoms with Crippen molar-refractivity contribution in [3.63, 3.8) is 0 Å². The van der Waals surface area contributed by atoms with Crippen molar-refractivity contribution in [1.29, 1.82) is 0 Å². The predicted octanol–water partition coefficient (Wildman–Crippen LogP) is 1.52. The number of rotatable bonds is 4. The van der Waals surface area contributed by atoms with Crippen LogP contribution < -0.4 is 10.1 Å². The van der Waals surface area contributed by atoms with Gasteiger partial charge < -0.3 is 19.7 Å². The molecule has 1 aromatic heterocycles. The van der Waals surface area contributed by atoms with Crippen molar-refractivity contribution >= 4 is 11.9 Å². The Bertz CT molecular complexity index is 660. The van der Waals surface area contributed by atoms with E-state index in [9.17, 15) is 4.79 Å². The number of hydrogen-bond donors (Lipinski definition) is 1. The van der Waals surface area contributed by atoms with Gasteiger partial charge in [0.2, 0.25) is 0 Å². The van der Waals surface area contributed by atoms with Gasteiger partial charge in [0, 0.05) is 37.5 Å². The fourth-order valence-electron chi connectivity index (χ4n) is 3.34. The minimum absolute atomic E-state index is 0.122. The van der Waals surface area contributed by atoms with Crippen LogP contribution in [0.15, 0.2) is 11.2 Å². The second-order valence-corrected chi connectivity index (χ2v) is 6.46. The minimum Gasteiger partial charge on any atom is -0.496 e. The van der Waals surface area contributed by atoms with Crippen LogP contribution in [-0.4, -0.2) is 56.2 Å². The molecule has 0 aliphatic carbocycles. The van der Waals surface area contributed by atoms with Crippen molar-refractivity contribution in [1.82, 2.24) is 15.2 Å². The molecule has 2 rings (SSSR count). The van der Waals surface area contributed by atoms with Crippen LogP contribution in [0.4, 0.5) is 0 Å². The van der Waals surface area contributed by atoms with Gasteiger partial charge in [-0.2, -0.15) is 0 Å². The monoisotopic (exact) mass is 348 g/mol. The Labute approximate surface area is 149 Å². The summed E-state index contributed by atoms with van der Waals surface area (Å²) in [6.07, 6.45) is 1.82. The number of guanidine groups is 1. The summed E-state index contributed by atoms with van der Waals surface area (Å²) >= 11 is 0. The van der Waals surface area contributed by atoms with Crippen LogP contribution in [0.5, 0.6) is 5.75 Å². The fourth-order valence-corrected chi connectivity index (χ4v) is 3.34. The number of methoxy groups -OCH3 is 2. The quantitative estimate of drug-likeness (QED) is 0.505. The van der Waals surface area contributed by atoms with E-state index >= 15 is 0 Å². The van der Waals surface area contributed by atoms with E-state index in [0.29, 0.717) is 13.1 Å². The smallest absolute Gasteiger partial charge is 0.310 e. The van der Waals surface area contributed by atoms with Crippen molar-refractivity contribution in [3.05, 3.63) is 23.0 Å². The topological polar surface area (TPSA) is 76.1 Å². The summed E-state index contributed by atoms with van der Waals surface area (Å²) < 4.78 is 10.4. The van der Waals surface area contributed by atoms with Crippen LogP contribution in [0.1, 0.15) is 23.7 Å². The number of esters is 1. The zero-order valence-corrected chi connectivity index (χ0v) is 15.9. The highest BCUT2D eigenvalue weighted by molar-refractivity contribution is 5.82. The lowest BCUT2D eigenvalue weighted by Gasteiger charge is -2.22. The van der Waals surface area contributed by atoms with E-state index in [4.69, 9.17) is 9.47 Å². The first-order valence-corrected chi connectivity index (χ1v) is 8.45. The normalized spacial score (nSPS) is 20.6. The summed E-state index contributed by atoms with van der Waals surface area (Å²) in [6, 6.07) is 0. The third-order valence-electron chi connectivity index (χ3n) is 4.79. The molecule has 1 fully saturated rings. The molecule has 1 N–H and O–H groups in total. The van der Waals surface area contributed by atoms with Crippen LogP contribution in [0.3, 0.4) is 0 Å². The van der Waals surface area contributed by atoms with Crippen molar-refractivity contribution in [3.8, 4) is 5.75 Å². The fraction of sp³-hybridized carbons (Fsp3) is 0.611. The number of nitrogens with one attached hydrogen (secondary N) is 1. The number of hydrogen-bond acceptors (Lipinski definition) is 5. The van der Waals surface area contributed by atoms with Crippen LogP contribution in [0.25, 0.3) is 0 Å². The van der Waals surface area contributed by atoms with Gasteiger partial charge >= 0.3 is 5.97 Å². The third kappa shape index (κ3) is 4.03. The molecule has 7 nitrogen and oxygen atoms in total. The Balaban J connectivity index is 2.06. The number of carbonyl (C=O) groups is 1. The SMILES string of the molecule is CN=C(NCc1ncc(C)c(OC)c1C)N1CC(C)C(C(=O)OC)C1. The molecule has 2 heterocycles. The van der Waals surface area contributed by atoms with E-state index < -0.39 is 0 Å². The second-order valence-electron chi connectivity index (χ2n) is 6.46. The molecular weight excluding hydrogens is 320 g/mol. The van der Waals surface area contributed by atoms with E-state index in [0.717, 1.165) is 35.1 Å². The highest BCUT2D eigenvalue weighted by atomic mass is 16.5. The van der Waals surface area contributed by atoms with Gasteiger partial charge in [0.05, 0.1) is 32.4 Å². The van der Waals surface area contributed by atoms with Crippen molar-refractivity contribution in [2.45, 2.75) is 27.3 Å². The van der Waals surface area contributed by atoms with Gasteiger partial charge in [0.1, 0.15) is 5.75 Å². The molecule has 0 bridgehead atoms. The molecule has 2 unspecified atom stereocenters. The van der Waals surface area contributed by atoms with Crippen molar-refractivity contribution in [2.75, 3.05) is 34.4 Å². The lowest BCUT2D eigenvalue weighted by atomic mass is 9.99. The Morgan fingerprint density at radius 2 is 2.12 bits per heavy atom. The molecule has 25 heavy (non-hydrogen) atoms. The molecule has 138 valence electrons. The number of likely N-dealkylation sites (tertiary alicyclic amines) is 1. The van der Waals surface area contributed by atoms with Gasteiger partial charge in [-0.15, -0.1) is 0 Å². The molecule has 2 atom stereocenters. The van der Waals surface area contributed by atoms with Gasteiger partial charge in [-0.05, 0) is 19.8 Å². The van der Waals surface area contributed by atoms with E-state index in [1.165, 1.54) is 7.11 Å². The lowest BCUT2D eigenvalue weighted by molar-refractivity contribution is -0.145. The first kappa shape index (κ1) is 19.0. The molecule has 7 heteroatoms. The zero-order chi connectivity index (χ0) is 18.6. The first-order valence-electron chi connectivity index (χ1n) is 8.45. The van der Waals surface area contributed by atoms with E-state index in [2.05, 4.69) is 27.1 Å². The number of aryl methyl sites for hydroxylation is 1. The average Bonchev–Trinajstić information content (AvgIpc) is 2.98. The summed E-state index contributed by atoms with van der Waals surface area (Å²) in [7, 11) is 4.85. The minimum atomic E-state index is -0.161. The van der Waals surface area contributed by atoms with Crippen LogP contribution in [0.2, 0.25) is 0 Å². The number of pyridine rings is 1. The van der Waals surface area contributed by atoms with Gasteiger partial charge in [0.25, 0.3) is 0 Å². The van der Waals surface area contributed by atoms with Gasteiger partial charge in [-0.25, -0.2) is 0 Å². The molecule has 0 spiro atoms. The maximum atomic E-state index is 11.9. The Morgan fingerprint density at radius 1 is 1.40 bits per heavy atom. The summed E-state index contributed by atoms with van der Waals surface area (Å²) in [5.41, 5.74) is 2.95. The van der Waals surface area contributed by atoms with Crippen LogP contribution in [-0.2, 0) is 16.1 Å². The molecular formula is C18H28N4O3. The standard InChI is InChI=1S/C18H28N4O3/c1-11-7-20-15(13(3)16(11)24-5)8-21-18(19-4)22-9-12(2)14(10-22)17(23)25-6/h7,12,14H,8-10H2,1-6H3,(H,19,21). The maximum Gasteiger partial charge on any atom is 0.310 e. The predicted molar refractivity (Wildman–Crippen MR) is 96.7 cm³/mol. The van der Waals surface area contributed by atoms with E-state index in [-0.39, 0.29) is 17.8 Å². The Hall–Kier alpha value is -2.31. The molecule has 0 aromatic carbocycles. The van der Waals surface area contributed by atoms with Gasteiger partial charge in [-0.1, -0.05) is 6.92 Å². The Morgan fingerprint density at radius 3 is 2.72 bits per heavy atom. The van der Waals surface area contributed by atoms with Crippen molar-refractivity contribution < 1.29 is 14.3 Å². The number of nitrogens with zero attached hydrogens (tertiary/aromatic N) is 3. The molecule has 1 saturated heterocycles. The van der Waals surface area contributed by atoms with Crippen molar-refractivity contribution in [2.24, 2.45) is 16.8 Å². The van der Waals surface area contributed by atoms with Gasteiger partial charge in [-0.3, -0.25) is 14.8 Å². The number of carbonyl (C=O) groups excluding carboxylic acids is 1. The molecule has 1 aliphatic rings. The number of aliphatic imine (C=N–C) groups is 1. The van der Waals surface area contributed by atoms with Crippen LogP contribution >= 0.6 is 0 Å². The summed E-state index contributed by atoms with van der Waals surface area (Å²) in [6.45, 7) is 7.96. The third-order valence-corrected chi connectivity index (χ3v) is 4.79. The van der Waals surface area contributed by atoms with Crippen LogP contribution in [0, 0.1) is 25.7 Å². The largest absolute Gasteiger partial charge is 0.496 e. The summed E-state index contributed by atoms with van der Waals surface area (Å²) in [5, 5.41) is 3.34. The molecule has 1 aromatic rings. The second kappa shape index (κ2) is 8.18. The van der Waals surface area contributed by atoms with E-state index in [1.807, 2.05) is 20.0 Å². The molecule has 1 aliphatic heterocycles. The van der Waals surface area contributed by atoms with Gasteiger partial charge in [0.15, 0.2) is 5.96 Å². The highest BCUT2D eigenvalue weighted by Crippen LogP contribution is 2.25. The maximum absolute atomic E-state index is 11.9. The Kier molecular flexibility index (Phi) is 6.22. The molecule has 0 saturated carbocycles. The summed E-state index contributed by atoms with van der Waals surface area (Å²) in [5.74, 6) is 1.57. The average molecular weight is 348 g/mol. The lowest BCUT2D eigenvalue weighted by Crippen LogP contribution is -2.40. The number of aromatic nitrogens is 1. The molecule has 0 radical (unpaired) electrons. The first-order chi connectivity index (χ1) is 11.9. The highest BCUT2D eigenvalue weighted by Gasteiger charge is 2.36. The molecule has 0 amide bonds. The number of ether oxygens (including phenoxy) is 2. The van der Waals surface area contributed by atoms with E-state index in [1.54, 1.807) is 14.2 Å². The summed E-state index contributed by atoms with van der Waals surface area (Å²) in [4.78, 5) is 22.8. The zero-order valence-electron chi connectivity index (χ0n) is 15.9.